The molecule has 68 valence electrons. The highest BCUT2D eigenvalue weighted by Crippen LogP contribution is 2.21. The molecule has 0 aliphatic heterocycles. The van der Waals surface area contributed by atoms with E-state index in [4.69, 9.17) is 5.73 Å². The number of hydrogen-bond donors (Lipinski definition) is 3. The molecule has 0 fully saturated rings. The predicted molar refractivity (Wildman–Crippen MR) is 50.9 cm³/mol. The number of H-pyrrole nitrogens is 1. The van der Waals surface area contributed by atoms with Crippen LogP contribution in [0.25, 0.3) is 0 Å². The first-order valence-electron chi connectivity index (χ1n) is 4.14. The van der Waals surface area contributed by atoms with Crippen molar-refractivity contribution in [3.05, 3.63) is 24.0 Å². The zero-order chi connectivity index (χ0) is 9.19. The van der Waals surface area contributed by atoms with Gasteiger partial charge in [-0.25, -0.2) is 0 Å². The number of aromatic amines is 1. The molecule has 3 nitrogen and oxygen atoms in total. The summed E-state index contributed by atoms with van der Waals surface area (Å²) in [4.78, 5) is 3.02. The van der Waals surface area contributed by atoms with E-state index in [1.165, 1.54) is 5.56 Å². The summed E-state index contributed by atoms with van der Waals surface area (Å²) in [5, 5.41) is 3.20. The van der Waals surface area contributed by atoms with Crippen molar-refractivity contribution >= 4 is 0 Å². The summed E-state index contributed by atoms with van der Waals surface area (Å²) in [6.07, 6.45) is 3.88. The molecule has 1 aromatic heterocycles. The second-order valence-corrected chi connectivity index (χ2v) is 3.69. The third-order valence-electron chi connectivity index (χ3n) is 1.99. The molecule has 0 spiro atoms. The molecule has 1 unspecified atom stereocenters. The van der Waals surface area contributed by atoms with Crippen molar-refractivity contribution in [3.63, 3.8) is 0 Å². The largest absolute Gasteiger partial charge is 0.367 e. The molecular weight excluding hydrogens is 150 g/mol. The van der Waals surface area contributed by atoms with Crippen LogP contribution in [-0.2, 0) is 0 Å². The van der Waals surface area contributed by atoms with Gasteiger partial charge in [-0.2, -0.15) is 0 Å². The molecule has 0 bridgehead atoms. The van der Waals surface area contributed by atoms with Gasteiger partial charge >= 0.3 is 0 Å². The average Bonchev–Trinajstić information content (AvgIpc) is 2.38. The lowest BCUT2D eigenvalue weighted by molar-refractivity contribution is 0.370. The minimum absolute atomic E-state index is 0.198. The van der Waals surface area contributed by atoms with Crippen LogP contribution in [0.5, 0.6) is 0 Å². The smallest absolute Gasteiger partial charge is 0.0510 e. The molecule has 0 aliphatic carbocycles. The molecule has 1 rings (SSSR count). The topological polar surface area (TPSA) is 53.8 Å². The minimum atomic E-state index is -0.239. The summed E-state index contributed by atoms with van der Waals surface area (Å²) in [6.45, 7) is 4.03. The van der Waals surface area contributed by atoms with Gasteiger partial charge in [-0.15, -0.1) is 0 Å². The van der Waals surface area contributed by atoms with E-state index in [1.54, 1.807) is 0 Å². The molecule has 0 radical (unpaired) electrons. The second-order valence-electron chi connectivity index (χ2n) is 3.69. The number of likely N-dealkylation sites (N-methyl/N-ethyl adjacent to an activating group) is 1. The monoisotopic (exact) mass is 167 g/mol. The fourth-order valence-corrected chi connectivity index (χ4v) is 1.48. The van der Waals surface area contributed by atoms with Crippen LogP contribution in [0.3, 0.4) is 0 Å². The first-order chi connectivity index (χ1) is 5.55. The lowest BCUT2D eigenvalue weighted by Crippen LogP contribution is -2.45. The average molecular weight is 167 g/mol. The zero-order valence-corrected chi connectivity index (χ0v) is 7.89. The molecule has 0 saturated heterocycles. The van der Waals surface area contributed by atoms with E-state index in [9.17, 15) is 0 Å². The first kappa shape index (κ1) is 9.29. The molecule has 0 aromatic carbocycles. The second kappa shape index (κ2) is 3.29. The Morgan fingerprint density at radius 2 is 2.25 bits per heavy atom. The van der Waals surface area contributed by atoms with Crippen LogP contribution in [0, 0.1) is 0 Å². The van der Waals surface area contributed by atoms with Gasteiger partial charge in [0.25, 0.3) is 0 Å². The van der Waals surface area contributed by atoms with E-state index in [0.717, 1.165) is 0 Å². The van der Waals surface area contributed by atoms with Crippen molar-refractivity contribution in [2.45, 2.75) is 25.4 Å². The number of nitrogens with two attached hydrogens (primary N) is 1. The Morgan fingerprint density at radius 3 is 2.58 bits per heavy atom. The van der Waals surface area contributed by atoms with Crippen LogP contribution >= 0.6 is 0 Å². The molecule has 1 atom stereocenters. The Labute approximate surface area is 73.4 Å². The van der Waals surface area contributed by atoms with Crippen molar-refractivity contribution in [1.29, 1.82) is 0 Å². The molecule has 3 heteroatoms. The van der Waals surface area contributed by atoms with Gasteiger partial charge in [-0.3, -0.25) is 0 Å². The van der Waals surface area contributed by atoms with Gasteiger partial charge in [-0.1, -0.05) is 0 Å². The van der Waals surface area contributed by atoms with Gasteiger partial charge in [0.15, 0.2) is 0 Å². The summed E-state index contributed by atoms with van der Waals surface area (Å²) < 4.78 is 0. The highest BCUT2D eigenvalue weighted by atomic mass is 15.0. The van der Waals surface area contributed by atoms with E-state index < -0.39 is 0 Å². The molecule has 1 aromatic rings. The SMILES string of the molecule is CNC(c1cc[nH]c1)C(C)(C)N. The third-order valence-corrected chi connectivity index (χ3v) is 1.99. The number of hydrogen-bond acceptors (Lipinski definition) is 2. The van der Waals surface area contributed by atoms with Crippen LogP contribution in [0.1, 0.15) is 25.5 Å². The molecule has 12 heavy (non-hydrogen) atoms. The number of aromatic nitrogens is 1. The van der Waals surface area contributed by atoms with Gasteiger partial charge < -0.3 is 16.0 Å². The quantitative estimate of drug-likeness (QED) is 0.629. The number of rotatable bonds is 3. The fraction of sp³-hybridized carbons (Fsp3) is 0.556. The van der Waals surface area contributed by atoms with Crippen LogP contribution in [-0.4, -0.2) is 17.6 Å². The lowest BCUT2D eigenvalue weighted by Gasteiger charge is -2.29. The fourth-order valence-electron chi connectivity index (χ4n) is 1.48. The van der Waals surface area contributed by atoms with Gasteiger partial charge in [0.05, 0.1) is 6.04 Å². The molecule has 1 heterocycles. The van der Waals surface area contributed by atoms with Crippen LogP contribution < -0.4 is 11.1 Å². The maximum absolute atomic E-state index is 6.01. The molecule has 4 N–H and O–H groups in total. The van der Waals surface area contributed by atoms with E-state index >= 15 is 0 Å². The van der Waals surface area contributed by atoms with Crippen molar-refractivity contribution in [1.82, 2.24) is 10.3 Å². The summed E-state index contributed by atoms with van der Waals surface area (Å²) in [5.41, 5.74) is 6.96. The highest BCUT2D eigenvalue weighted by Gasteiger charge is 2.24. The van der Waals surface area contributed by atoms with Crippen molar-refractivity contribution in [2.24, 2.45) is 5.73 Å². The van der Waals surface area contributed by atoms with Gasteiger partial charge in [0.1, 0.15) is 0 Å². The van der Waals surface area contributed by atoms with Crippen molar-refractivity contribution < 1.29 is 0 Å². The Morgan fingerprint density at radius 1 is 1.58 bits per heavy atom. The van der Waals surface area contributed by atoms with Gasteiger partial charge in [-0.05, 0) is 32.5 Å². The maximum atomic E-state index is 6.01. The first-order valence-corrected chi connectivity index (χ1v) is 4.14. The van der Waals surface area contributed by atoms with E-state index in [2.05, 4.69) is 10.3 Å². The molecular formula is C9H17N3. The van der Waals surface area contributed by atoms with Gasteiger partial charge in [0, 0.05) is 17.9 Å². The van der Waals surface area contributed by atoms with E-state index in [0.29, 0.717) is 0 Å². The molecule has 0 saturated carbocycles. The van der Waals surface area contributed by atoms with Crippen LogP contribution in [0.4, 0.5) is 0 Å². The van der Waals surface area contributed by atoms with Crippen molar-refractivity contribution in [3.8, 4) is 0 Å². The lowest BCUT2D eigenvalue weighted by atomic mass is 9.91. The summed E-state index contributed by atoms with van der Waals surface area (Å²) in [6, 6.07) is 2.24. The number of nitrogens with one attached hydrogen (secondary N) is 2. The van der Waals surface area contributed by atoms with Crippen molar-refractivity contribution in [2.75, 3.05) is 7.05 Å². The van der Waals surface area contributed by atoms with E-state index in [1.807, 2.05) is 39.4 Å². The Balaban J connectivity index is 2.84. The summed E-state index contributed by atoms with van der Waals surface area (Å²) in [7, 11) is 1.92. The van der Waals surface area contributed by atoms with Gasteiger partial charge in [0.2, 0.25) is 0 Å². The normalized spacial score (nSPS) is 14.7. The minimum Gasteiger partial charge on any atom is -0.367 e. The highest BCUT2D eigenvalue weighted by molar-refractivity contribution is 5.18. The standard InChI is InChI=1S/C9H17N3/c1-9(2,10)8(11-3)7-4-5-12-6-7/h4-6,8,11-12H,10H2,1-3H3. The molecule has 0 aliphatic rings. The Bertz CT molecular complexity index is 220. The maximum Gasteiger partial charge on any atom is 0.0510 e. The van der Waals surface area contributed by atoms with Crippen LogP contribution in [0.15, 0.2) is 18.5 Å². The van der Waals surface area contributed by atoms with Crippen LogP contribution in [0.2, 0.25) is 0 Å². The zero-order valence-electron chi connectivity index (χ0n) is 7.89. The molecule has 0 amide bonds. The summed E-state index contributed by atoms with van der Waals surface area (Å²) >= 11 is 0. The predicted octanol–water partition coefficient (Wildman–Crippen LogP) is 1.01. The Hall–Kier alpha value is -0.800. The Kier molecular flexibility index (Phi) is 2.55. The van der Waals surface area contributed by atoms with E-state index in [-0.39, 0.29) is 11.6 Å². The summed E-state index contributed by atoms with van der Waals surface area (Å²) in [5.74, 6) is 0. The third kappa shape index (κ3) is 1.87.